The second-order valence-corrected chi connectivity index (χ2v) is 4.21. The van der Waals surface area contributed by atoms with Crippen LogP contribution < -0.4 is 0 Å². The van der Waals surface area contributed by atoms with Gasteiger partial charge in [-0.25, -0.2) is 0 Å². The Morgan fingerprint density at radius 2 is 2.40 bits per heavy atom. The topological polar surface area (TPSA) is 57.6 Å². The molecule has 0 saturated carbocycles. The number of thiol groups is 1. The standard InChI is InChI=1S/C10H15NO3S/c1-3-4-7(13)5-11-9(14)8(6(2)12)10(11)15/h3,6,8,10,12,15H,1,4-5H2,2H3/t6?,8-,10+/m0/s1. The number of ketones is 1. The minimum Gasteiger partial charge on any atom is -0.392 e. The van der Waals surface area contributed by atoms with E-state index in [1.807, 2.05) is 0 Å². The lowest BCUT2D eigenvalue weighted by molar-refractivity contribution is -0.158. The number of nitrogens with zero attached hydrogens (tertiary/aromatic N) is 1. The van der Waals surface area contributed by atoms with Crippen molar-refractivity contribution in [3.63, 3.8) is 0 Å². The van der Waals surface area contributed by atoms with Crippen LogP contribution in [0.15, 0.2) is 12.7 Å². The lowest BCUT2D eigenvalue weighted by atomic mass is 9.92. The van der Waals surface area contributed by atoms with Gasteiger partial charge in [0.15, 0.2) is 5.78 Å². The van der Waals surface area contributed by atoms with Crippen LogP contribution in [0.1, 0.15) is 13.3 Å². The highest BCUT2D eigenvalue weighted by Gasteiger charge is 2.47. The molecule has 1 heterocycles. The number of aliphatic hydroxyl groups excluding tert-OH is 1. The Labute approximate surface area is 94.4 Å². The van der Waals surface area contributed by atoms with Gasteiger partial charge in [-0.2, -0.15) is 12.6 Å². The molecule has 0 aromatic heterocycles. The SMILES string of the molecule is C=CCC(=O)CN1C(=O)[C@H](C(C)O)[C@H]1S. The maximum Gasteiger partial charge on any atom is 0.232 e. The summed E-state index contributed by atoms with van der Waals surface area (Å²) in [5.41, 5.74) is 0. The van der Waals surface area contributed by atoms with E-state index in [9.17, 15) is 14.7 Å². The van der Waals surface area contributed by atoms with Crippen LogP contribution in [0.4, 0.5) is 0 Å². The first-order valence-corrected chi connectivity index (χ1v) is 5.30. The second-order valence-electron chi connectivity index (χ2n) is 3.68. The number of allylic oxidation sites excluding steroid dienone is 1. The van der Waals surface area contributed by atoms with Gasteiger partial charge < -0.3 is 10.0 Å². The number of hydrogen-bond acceptors (Lipinski definition) is 4. The van der Waals surface area contributed by atoms with Crippen molar-refractivity contribution in [2.24, 2.45) is 5.92 Å². The van der Waals surface area contributed by atoms with Crippen LogP contribution in [0.25, 0.3) is 0 Å². The number of carbonyl (C=O) groups is 2. The average Bonchev–Trinajstić information content (AvgIpc) is 2.14. The number of amides is 1. The molecule has 0 spiro atoms. The maximum atomic E-state index is 11.5. The Kier molecular flexibility index (Phi) is 3.93. The van der Waals surface area contributed by atoms with Gasteiger partial charge in [0.1, 0.15) is 0 Å². The van der Waals surface area contributed by atoms with Gasteiger partial charge in [0.05, 0.1) is 23.9 Å². The molecule has 4 nitrogen and oxygen atoms in total. The highest BCUT2D eigenvalue weighted by molar-refractivity contribution is 7.81. The summed E-state index contributed by atoms with van der Waals surface area (Å²) in [4.78, 5) is 24.1. The fourth-order valence-electron chi connectivity index (χ4n) is 1.60. The van der Waals surface area contributed by atoms with E-state index >= 15 is 0 Å². The van der Waals surface area contributed by atoms with Crippen molar-refractivity contribution in [3.05, 3.63) is 12.7 Å². The van der Waals surface area contributed by atoms with Gasteiger partial charge >= 0.3 is 0 Å². The molecule has 0 bridgehead atoms. The summed E-state index contributed by atoms with van der Waals surface area (Å²) in [6.45, 7) is 5.06. The molecule has 1 rings (SSSR count). The normalized spacial score (nSPS) is 27.1. The molecule has 1 aliphatic heterocycles. The van der Waals surface area contributed by atoms with Gasteiger partial charge in [0.25, 0.3) is 0 Å². The second kappa shape index (κ2) is 4.81. The summed E-state index contributed by atoms with van der Waals surface area (Å²) in [5.74, 6) is -0.756. The highest BCUT2D eigenvalue weighted by atomic mass is 32.1. The van der Waals surface area contributed by atoms with Crippen molar-refractivity contribution in [1.82, 2.24) is 4.90 Å². The summed E-state index contributed by atoms with van der Waals surface area (Å²) in [7, 11) is 0. The number of carbonyl (C=O) groups excluding carboxylic acids is 2. The predicted molar refractivity (Wildman–Crippen MR) is 59.5 cm³/mol. The number of β-lactam (4-membered cyclic amide) rings is 1. The van der Waals surface area contributed by atoms with Crippen molar-refractivity contribution in [3.8, 4) is 0 Å². The van der Waals surface area contributed by atoms with Crippen molar-refractivity contribution in [2.75, 3.05) is 6.54 Å². The molecule has 1 amide bonds. The molecule has 1 saturated heterocycles. The average molecular weight is 229 g/mol. The fourth-order valence-corrected chi connectivity index (χ4v) is 2.18. The Bertz CT molecular complexity index is 290. The minimum atomic E-state index is -0.717. The van der Waals surface area contributed by atoms with Crippen molar-refractivity contribution >= 4 is 24.3 Å². The van der Waals surface area contributed by atoms with Crippen LogP contribution in [0.5, 0.6) is 0 Å². The molecule has 0 aliphatic carbocycles. The first-order valence-electron chi connectivity index (χ1n) is 4.78. The summed E-state index contributed by atoms with van der Waals surface area (Å²) < 4.78 is 0. The Morgan fingerprint density at radius 1 is 1.80 bits per heavy atom. The smallest absolute Gasteiger partial charge is 0.232 e. The summed E-state index contributed by atoms with van der Waals surface area (Å²) in [6.07, 6.45) is 1.04. The molecule has 5 heteroatoms. The van der Waals surface area contributed by atoms with E-state index in [0.29, 0.717) is 0 Å². The molecule has 3 atom stereocenters. The third kappa shape index (κ3) is 2.41. The summed E-state index contributed by atoms with van der Waals surface area (Å²) >= 11 is 4.18. The van der Waals surface area contributed by atoms with E-state index in [2.05, 4.69) is 19.2 Å². The first kappa shape index (κ1) is 12.3. The van der Waals surface area contributed by atoms with E-state index in [4.69, 9.17) is 0 Å². The van der Waals surface area contributed by atoms with E-state index in [0.717, 1.165) is 0 Å². The molecule has 84 valence electrons. The summed E-state index contributed by atoms with van der Waals surface area (Å²) in [6, 6.07) is 0. The molecule has 1 fully saturated rings. The van der Waals surface area contributed by atoms with Crippen LogP contribution in [0.2, 0.25) is 0 Å². The molecular weight excluding hydrogens is 214 g/mol. The summed E-state index contributed by atoms with van der Waals surface area (Å²) in [5, 5.41) is 8.92. The quantitative estimate of drug-likeness (QED) is 0.403. The lowest BCUT2D eigenvalue weighted by Gasteiger charge is -2.45. The largest absolute Gasteiger partial charge is 0.392 e. The molecule has 15 heavy (non-hydrogen) atoms. The van der Waals surface area contributed by atoms with Gasteiger partial charge in [-0.3, -0.25) is 9.59 Å². The van der Waals surface area contributed by atoms with Crippen LogP contribution in [-0.2, 0) is 9.59 Å². The maximum absolute atomic E-state index is 11.5. The Balaban J connectivity index is 2.50. The minimum absolute atomic E-state index is 0.0578. The van der Waals surface area contributed by atoms with Gasteiger partial charge in [-0.1, -0.05) is 6.08 Å². The zero-order chi connectivity index (χ0) is 11.6. The van der Waals surface area contributed by atoms with Gasteiger partial charge in [-0.05, 0) is 6.92 Å². The zero-order valence-electron chi connectivity index (χ0n) is 8.59. The third-order valence-corrected chi connectivity index (χ3v) is 3.05. The first-order chi connectivity index (χ1) is 6.99. The van der Waals surface area contributed by atoms with Crippen LogP contribution in [0.3, 0.4) is 0 Å². The van der Waals surface area contributed by atoms with E-state index in [1.165, 1.54) is 11.0 Å². The van der Waals surface area contributed by atoms with Gasteiger partial charge in [0, 0.05) is 6.42 Å². The Morgan fingerprint density at radius 3 is 2.80 bits per heavy atom. The van der Waals surface area contributed by atoms with Crippen LogP contribution in [0, 0.1) is 5.92 Å². The Hall–Kier alpha value is -0.810. The predicted octanol–water partition coefficient (Wildman–Crippen LogP) is 0.227. The highest BCUT2D eigenvalue weighted by Crippen LogP contribution is 2.31. The van der Waals surface area contributed by atoms with E-state index in [-0.39, 0.29) is 30.0 Å². The molecule has 0 radical (unpaired) electrons. The third-order valence-electron chi connectivity index (χ3n) is 2.45. The fraction of sp³-hybridized carbons (Fsp3) is 0.600. The zero-order valence-corrected chi connectivity index (χ0v) is 9.48. The molecule has 1 N–H and O–H groups in total. The van der Waals surface area contributed by atoms with Gasteiger partial charge in [0.2, 0.25) is 5.91 Å². The molecular formula is C10H15NO3S. The molecule has 1 aliphatic rings. The van der Waals surface area contributed by atoms with Crippen molar-refractivity contribution in [2.45, 2.75) is 24.8 Å². The number of Topliss-reactive ketones (excluding diaryl/α,β-unsaturated/α-hetero) is 1. The number of likely N-dealkylation sites (tertiary alicyclic amines) is 1. The molecule has 0 aromatic rings. The monoisotopic (exact) mass is 229 g/mol. The van der Waals surface area contributed by atoms with Crippen LogP contribution in [-0.4, -0.2) is 39.7 Å². The van der Waals surface area contributed by atoms with Crippen molar-refractivity contribution in [1.29, 1.82) is 0 Å². The van der Waals surface area contributed by atoms with E-state index in [1.54, 1.807) is 6.92 Å². The lowest BCUT2D eigenvalue weighted by Crippen LogP contribution is -2.62. The number of rotatable bonds is 5. The van der Waals surface area contributed by atoms with Crippen LogP contribution >= 0.6 is 12.6 Å². The van der Waals surface area contributed by atoms with Gasteiger partial charge in [-0.15, -0.1) is 6.58 Å². The molecule has 0 aromatic carbocycles. The number of aliphatic hydroxyl groups is 1. The van der Waals surface area contributed by atoms with E-state index < -0.39 is 12.0 Å². The molecule has 1 unspecified atom stereocenters. The number of hydrogen-bond donors (Lipinski definition) is 2. The van der Waals surface area contributed by atoms with Crippen molar-refractivity contribution < 1.29 is 14.7 Å².